The molecule has 0 saturated heterocycles. The van der Waals surface area contributed by atoms with Gasteiger partial charge in [0, 0.05) is 0 Å². The molecule has 15 heavy (non-hydrogen) atoms. The lowest BCUT2D eigenvalue weighted by Crippen LogP contribution is -1.98. The van der Waals surface area contributed by atoms with Crippen molar-refractivity contribution in [1.82, 2.24) is 0 Å². The van der Waals surface area contributed by atoms with E-state index in [9.17, 15) is 4.79 Å². The van der Waals surface area contributed by atoms with Crippen LogP contribution in [0.25, 0.3) is 0 Å². The highest BCUT2D eigenvalue weighted by molar-refractivity contribution is 6.32. The van der Waals surface area contributed by atoms with Gasteiger partial charge in [-0.2, -0.15) is 0 Å². The standard InChI is InChI=1S/C11H11ClO3/c1-2-3-6-15-10-5-4-8(11(13)14)7-9(10)12/h2-5,7H,6H2,1H3,(H,13,14). The molecule has 0 heterocycles. The molecule has 0 aliphatic rings. The SMILES string of the molecule is CC=CCOc1ccc(C(=O)O)cc1Cl. The van der Waals surface area contributed by atoms with Crippen LogP contribution < -0.4 is 4.74 Å². The number of benzene rings is 1. The van der Waals surface area contributed by atoms with Crippen molar-refractivity contribution in [2.24, 2.45) is 0 Å². The van der Waals surface area contributed by atoms with Gasteiger partial charge in [0.2, 0.25) is 0 Å². The molecule has 0 aliphatic carbocycles. The molecule has 1 N–H and O–H groups in total. The molecule has 0 aromatic heterocycles. The lowest BCUT2D eigenvalue weighted by Gasteiger charge is -2.05. The molecule has 0 amide bonds. The molecule has 0 radical (unpaired) electrons. The maximum atomic E-state index is 10.6. The van der Waals surface area contributed by atoms with Crippen LogP contribution in [0.5, 0.6) is 5.75 Å². The molecule has 0 spiro atoms. The van der Waals surface area contributed by atoms with E-state index in [0.29, 0.717) is 17.4 Å². The van der Waals surface area contributed by atoms with Crippen molar-refractivity contribution in [3.63, 3.8) is 0 Å². The number of ether oxygens (including phenoxy) is 1. The van der Waals surface area contributed by atoms with Gasteiger partial charge in [-0.15, -0.1) is 0 Å². The maximum absolute atomic E-state index is 10.6. The smallest absolute Gasteiger partial charge is 0.335 e. The van der Waals surface area contributed by atoms with Crippen molar-refractivity contribution in [2.75, 3.05) is 6.61 Å². The van der Waals surface area contributed by atoms with Gasteiger partial charge in [0.25, 0.3) is 0 Å². The van der Waals surface area contributed by atoms with Gasteiger partial charge in [0.1, 0.15) is 12.4 Å². The third-order valence-electron chi connectivity index (χ3n) is 1.75. The average Bonchev–Trinajstić information content (AvgIpc) is 2.20. The molecule has 0 fully saturated rings. The quantitative estimate of drug-likeness (QED) is 0.803. The van der Waals surface area contributed by atoms with Crippen molar-refractivity contribution < 1.29 is 14.6 Å². The topological polar surface area (TPSA) is 46.5 Å². The van der Waals surface area contributed by atoms with Gasteiger partial charge in [-0.25, -0.2) is 4.79 Å². The zero-order chi connectivity index (χ0) is 11.3. The van der Waals surface area contributed by atoms with E-state index in [1.54, 1.807) is 6.07 Å². The highest BCUT2D eigenvalue weighted by atomic mass is 35.5. The van der Waals surface area contributed by atoms with Gasteiger partial charge in [-0.1, -0.05) is 23.8 Å². The monoisotopic (exact) mass is 226 g/mol. The number of carbonyl (C=O) groups is 1. The molecule has 1 aromatic carbocycles. The summed E-state index contributed by atoms with van der Waals surface area (Å²) < 4.78 is 5.30. The molecule has 1 aromatic rings. The van der Waals surface area contributed by atoms with Crippen molar-refractivity contribution >= 4 is 17.6 Å². The van der Waals surface area contributed by atoms with Crippen LogP contribution in [0.1, 0.15) is 17.3 Å². The number of hydrogen-bond acceptors (Lipinski definition) is 2. The normalized spacial score (nSPS) is 10.5. The molecule has 3 nitrogen and oxygen atoms in total. The molecule has 4 heteroatoms. The molecule has 0 aliphatic heterocycles. The van der Waals surface area contributed by atoms with Crippen LogP contribution in [0.2, 0.25) is 5.02 Å². The maximum Gasteiger partial charge on any atom is 0.335 e. The Kier molecular flexibility index (Phi) is 4.18. The third-order valence-corrected chi connectivity index (χ3v) is 2.04. The first-order valence-corrected chi connectivity index (χ1v) is 4.79. The van der Waals surface area contributed by atoms with Gasteiger partial charge in [-0.3, -0.25) is 0 Å². The van der Waals surface area contributed by atoms with Crippen LogP contribution in [0.4, 0.5) is 0 Å². The van der Waals surface area contributed by atoms with Crippen LogP contribution in [-0.4, -0.2) is 17.7 Å². The predicted octanol–water partition coefficient (Wildman–Crippen LogP) is 2.99. The van der Waals surface area contributed by atoms with Gasteiger partial charge in [-0.05, 0) is 25.1 Å². The van der Waals surface area contributed by atoms with Crippen LogP contribution in [-0.2, 0) is 0 Å². The minimum Gasteiger partial charge on any atom is -0.488 e. The number of carboxylic acid groups (broad SMARTS) is 1. The van der Waals surface area contributed by atoms with E-state index < -0.39 is 5.97 Å². The number of rotatable bonds is 4. The number of allylic oxidation sites excluding steroid dienone is 1. The Hall–Kier alpha value is -1.48. The van der Waals surface area contributed by atoms with Crippen molar-refractivity contribution in [2.45, 2.75) is 6.92 Å². The molecule has 0 atom stereocenters. The number of aromatic carboxylic acids is 1. The van der Waals surface area contributed by atoms with E-state index >= 15 is 0 Å². The number of carboxylic acids is 1. The first-order chi connectivity index (χ1) is 7.15. The molecule has 1 rings (SSSR count). The van der Waals surface area contributed by atoms with Gasteiger partial charge in [0.15, 0.2) is 0 Å². The van der Waals surface area contributed by atoms with Gasteiger partial charge in [0.05, 0.1) is 10.6 Å². The van der Waals surface area contributed by atoms with Crippen molar-refractivity contribution in [3.8, 4) is 5.75 Å². The van der Waals surface area contributed by atoms with E-state index in [4.69, 9.17) is 21.4 Å². The Morgan fingerprint density at radius 2 is 2.33 bits per heavy atom. The molecule has 80 valence electrons. The summed E-state index contributed by atoms with van der Waals surface area (Å²) in [6.45, 7) is 2.31. The second-order valence-corrected chi connectivity index (χ2v) is 3.24. The zero-order valence-electron chi connectivity index (χ0n) is 8.24. The third kappa shape index (κ3) is 3.29. The Bertz CT molecular complexity index is 385. The summed E-state index contributed by atoms with van der Waals surface area (Å²) in [5, 5.41) is 9.01. The summed E-state index contributed by atoms with van der Waals surface area (Å²) in [7, 11) is 0. The molecular formula is C11H11ClO3. The van der Waals surface area contributed by atoms with Gasteiger partial charge < -0.3 is 9.84 Å². The Morgan fingerprint density at radius 3 is 2.87 bits per heavy atom. The fourth-order valence-electron chi connectivity index (χ4n) is 0.985. The second-order valence-electron chi connectivity index (χ2n) is 2.83. The summed E-state index contributed by atoms with van der Waals surface area (Å²) in [5.74, 6) is -0.517. The molecule has 0 saturated carbocycles. The van der Waals surface area contributed by atoms with E-state index in [2.05, 4.69) is 0 Å². The van der Waals surface area contributed by atoms with E-state index in [1.165, 1.54) is 12.1 Å². The predicted molar refractivity (Wildman–Crippen MR) is 58.7 cm³/mol. The summed E-state index contributed by atoms with van der Waals surface area (Å²) >= 11 is 5.84. The Morgan fingerprint density at radius 1 is 1.60 bits per heavy atom. The van der Waals surface area contributed by atoms with Crippen molar-refractivity contribution in [3.05, 3.63) is 40.9 Å². The van der Waals surface area contributed by atoms with Crippen LogP contribution in [0.15, 0.2) is 30.4 Å². The second kappa shape index (κ2) is 5.41. The van der Waals surface area contributed by atoms with Crippen molar-refractivity contribution in [1.29, 1.82) is 0 Å². The fourth-order valence-corrected chi connectivity index (χ4v) is 1.22. The van der Waals surface area contributed by atoms with E-state index in [0.717, 1.165) is 0 Å². The van der Waals surface area contributed by atoms with Crippen LogP contribution in [0, 0.1) is 0 Å². The highest BCUT2D eigenvalue weighted by Gasteiger charge is 2.07. The molecule has 0 bridgehead atoms. The lowest BCUT2D eigenvalue weighted by molar-refractivity contribution is 0.0697. The summed E-state index contributed by atoms with van der Waals surface area (Å²) in [6.07, 6.45) is 3.70. The summed E-state index contributed by atoms with van der Waals surface area (Å²) in [6, 6.07) is 4.38. The molecular weight excluding hydrogens is 216 g/mol. The highest BCUT2D eigenvalue weighted by Crippen LogP contribution is 2.25. The first kappa shape index (κ1) is 11.6. The molecule has 0 unspecified atom stereocenters. The van der Waals surface area contributed by atoms with Crippen LogP contribution in [0.3, 0.4) is 0 Å². The van der Waals surface area contributed by atoms with E-state index in [-0.39, 0.29) is 5.56 Å². The average molecular weight is 227 g/mol. The van der Waals surface area contributed by atoms with Crippen LogP contribution >= 0.6 is 11.6 Å². The van der Waals surface area contributed by atoms with E-state index in [1.807, 2.05) is 19.1 Å². The fraction of sp³-hybridized carbons (Fsp3) is 0.182. The first-order valence-electron chi connectivity index (χ1n) is 4.42. The summed E-state index contributed by atoms with van der Waals surface area (Å²) in [5.41, 5.74) is 0.151. The minimum atomic E-state index is -1.00. The van der Waals surface area contributed by atoms with Gasteiger partial charge >= 0.3 is 5.97 Å². The number of hydrogen-bond donors (Lipinski definition) is 1. The zero-order valence-corrected chi connectivity index (χ0v) is 8.99. The Labute approximate surface area is 92.9 Å². The minimum absolute atomic E-state index is 0.151. The largest absolute Gasteiger partial charge is 0.488 e. The Balaban J connectivity index is 2.79. The summed E-state index contributed by atoms with van der Waals surface area (Å²) in [4.78, 5) is 10.6. The lowest BCUT2D eigenvalue weighted by atomic mass is 10.2. The number of halogens is 1.